The standard InChI is InChI=1S/C6H9NO4S/c8-6-5-3-4(11-6)1-2-7(5)12(9)10/h4-5H,1-3H2,(H,9,10)/p-1/t4-,5+/m0/s1. The quantitative estimate of drug-likeness (QED) is 0.399. The molecular formula is C6H8NO4S-. The molecule has 0 spiro atoms. The monoisotopic (exact) mass is 190 g/mol. The SMILES string of the molecule is O=C1O[C@H]2CCN(S(=O)[O-])[C@@H]1C2. The molecule has 2 rings (SSSR count). The number of ether oxygens (including phenoxy) is 1. The second-order valence-corrected chi connectivity index (χ2v) is 3.86. The smallest absolute Gasteiger partial charge is 0.324 e. The van der Waals surface area contributed by atoms with E-state index in [1.54, 1.807) is 0 Å². The Bertz CT molecular complexity index is 244. The van der Waals surface area contributed by atoms with E-state index in [1.165, 1.54) is 0 Å². The minimum Gasteiger partial charge on any atom is -0.760 e. The lowest BCUT2D eigenvalue weighted by molar-refractivity contribution is -0.142. The van der Waals surface area contributed by atoms with Gasteiger partial charge < -0.3 is 9.29 Å². The number of rotatable bonds is 1. The maximum absolute atomic E-state index is 11.0. The first-order valence-electron chi connectivity index (χ1n) is 3.75. The molecule has 3 atom stereocenters. The van der Waals surface area contributed by atoms with Crippen molar-refractivity contribution in [2.75, 3.05) is 6.54 Å². The van der Waals surface area contributed by atoms with Crippen molar-refractivity contribution in [2.45, 2.75) is 25.0 Å². The van der Waals surface area contributed by atoms with Crippen molar-refractivity contribution < 1.29 is 18.3 Å². The fraction of sp³-hybridized carbons (Fsp3) is 0.833. The van der Waals surface area contributed by atoms with Gasteiger partial charge in [-0.05, 0) is 6.42 Å². The van der Waals surface area contributed by atoms with E-state index in [9.17, 15) is 13.6 Å². The molecule has 0 aromatic heterocycles. The van der Waals surface area contributed by atoms with E-state index >= 15 is 0 Å². The van der Waals surface area contributed by atoms with Gasteiger partial charge in [-0.25, -0.2) is 4.31 Å². The summed E-state index contributed by atoms with van der Waals surface area (Å²) in [7, 11) is 0. The predicted octanol–water partition coefficient (Wildman–Crippen LogP) is -0.830. The van der Waals surface area contributed by atoms with Crippen LogP contribution in [0.3, 0.4) is 0 Å². The zero-order valence-corrected chi connectivity index (χ0v) is 7.08. The molecule has 0 amide bonds. The normalized spacial score (nSPS) is 37.9. The fourth-order valence-corrected chi connectivity index (χ4v) is 2.29. The van der Waals surface area contributed by atoms with E-state index in [1.807, 2.05) is 0 Å². The van der Waals surface area contributed by atoms with Gasteiger partial charge in [0, 0.05) is 24.2 Å². The number of carbonyl (C=O) groups excluding carboxylic acids is 1. The summed E-state index contributed by atoms with van der Waals surface area (Å²) < 4.78 is 27.3. The van der Waals surface area contributed by atoms with Crippen LogP contribution < -0.4 is 0 Å². The molecule has 2 bridgehead atoms. The molecule has 2 heterocycles. The Morgan fingerprint density at radius 1 is 1.67 bits per heavy atom. The van der Waals surface area contributed by atoms with Gasteiger partial charge in [0.2, 0.25) is 0 Å². The summed E-state index contributed by atoms with van der Waals surface area (Å²) in [6.07, 6.45) is 1.09. The van der Waals surface area contributed by atoms with Crippen molar-refractivity contribution in [3.05, 3.63) is 0 Å². The number of hydrogen-bond donors (Lipinski definition) is 0. The summed E-state index contributed by atoms with van der Waals surface area (Å²) in [6.45, 7) is 0.400. The molecule has 2 saturated heterocycles. The van der Waals surface area contributed by atoms with Crippen molar-refractivity contribution in [3.8, 4) is 0 Å². The number of hydrogen-bond acceptors (Lipinski definition) is 4. The van der Waals surface area contributed by atoms with Gasteiger partial charge in [-0.3, -0.25) is 9.00 Å². The Morgan fingerprint density at radius 2 is 2.42 bits per heavy atom. The minimum absolute atomic E-state index is 0.0534. The highest BCUT2D eigenvalue weighted by atomic mass is 32.2. The van der Waals surface area contributed by atoms with Gasteiger partial charge in [-0.15, -0.1) is 0 Å². The fourth-order valence-electron chi connectivity index (χ4n) is 1.65. The number of carbonyl (C=O) groups is 1. The average molecular weight is 190 g/mol. The van der Waals surface area contributed by atoms with Crippen LogP contribution in [0, 0.1) is 0 Å². The summed E-state index contributed by atoms with van der Waals surface area (Å²) in [5.41, 5.74) is 0. The highest BCUT2D eigenvalue weighted by Gasteiger charge is 2.43. The zero-order chi connectivity index (χ0) is 8.72. The summed E-state index contributed by atoms with van der Waals surface area (Å²) in [4.78, 5) is 11.0. The Kier molecular flexibility index (Phi) is 1.90. The van der Waals surface area contributed by atoms with Crippen LogP contribution in [-0.2, 0) is 20.8 Å². The molecule has 68 valence electrons. The van der Waals surface area contributed by atoms with Crippen molar-refractivity contribution in [1.82, 2.24) is 4.31 Å². The first-order chi connectivity index (χ1) is 5.68. The second-order valence-electron chi connectivity index (χ2n) is 2.96. The lowest BCUT2D eigenvalue weighted by Gasteiger charge is -2.30. The molecule has 0 N–H and O–H groups in total. The van der Waals surface area contributed by atoms with E-state index in [0.29, 0.717) is 19.4 Å². The average Bonchev–Trinajstić information content (AvgIpc) is 2.28. The van der Waals surface area contributed by atoms with Crippen LogP contribution in [0.4, 0.5) is 0 Å². The molecule has 6 heteroatoms. The third kappa shape index (κ3) is 1.16. The number of esters is 1. The van der Waals surface area contributed by atoms with Crippen LogP contribution >= 0.6 is 0 Å². The van der Waals surface area contributed by atoms with Gasteiger partial charge >= 0.3 is 5.97 Å². The minimum atomic E-state index is -2.29. The first kappa shape index (κ1) is 8.15. The van der Waals surface area contributed by atoms with Crippen LogP contribution in [-0.4, -0.2) is 37.7 Å². The Hall–Kier alpha value is -0.460. The Morgan fingerprint density at radius 3 is 3.08 bits per heavy atom. The third-order valence-corrected chi connectivity index (χ3v) is 3.07. The van der Waals surface area contributed by atoms with Gasteiger partial charge in [0.05, 0.1) is 0 Å². The molecule has 0 radical (unpaired) electrons. The molecule has 12 heavy (non-hydrogen) atoms. The summed E-state index contributed by atoms with van der Waals surface area (Å²) >= 11 is -2.29. The molecule has 0 aromatic rings. The van der Waals surface area contributed by atoms with Crippen molar-refractivity contribution >= 4 is 17.2 Å². The van der Waals surface area contributed by atoms with E-state index in [-0.39, 0.29) is 6.10 Å². The number of piperidine rings is 1. The lowest BCUT2D eigenvalue weighted by atomic mass is 10.1. The van der Waals surface area contributed by atoms with E-state index < -0.39 is 23.3 Å². The molecule has 0 aliphatic carbocycles. The van der Waals surface area contributed by atoms with Gasteiger partial charge in [0.1, 0.15) is 12.1 Å². The summed E-state index contributed by atoms with van der Waals surface area (Å²) in [5.74, 6) is -0.401. The Labute approximate surface area is 72.1 Å². The van der Waals surface area contributed by atoms with Gasteiger partial charge in [-0.2, -0.15) is 0 Å². The highest BCUT2D eigenvalue weighted by Crippen LogP contribution is 2.28. The summed E-state index contributed by atoms with van der Waals surface area (Å²) in [5, 5.41) is 0. The van der Waals surface area contributed by atoms with Gasteiger partial charge in [0.25, 0.3) is 0 Å². The molecule has 1 unspecified atom stereocenters. The van der Waals surface area contributed by atoms with Crippen LogP contribution in [0.1, 0.15) is 12.8 Å². The first-order valence-corrected chi connectivity index (χ1v) is 4.78. The van der Waals surface area contributed by atoms with E-state index in [4.69, 9.17) is 4.74 Å². The van der Waals surface area contributed by atoms with E-state index in [0.717, 1.165) is 4.31 Å². The summed E-state index contributed by atoms with van der Waals surface area (Å²) in [6, 6.07) is -0.554. The van der Waals surface area contributed by atoms with Crippen molar-refractivity contribution in [2.24, 2.45) is 0 Å². The molecule has 0 saturated carbocycles. The van der Waals surface area contributed by atoms with Crippen LogP contribution in [0.5, 0.6) is 0 Å². The molecule has 2 aliphatic heterocycles. The van der Waals surface area contributed by atoms with Crippen LogP contribution in [0.25, 0.3) is 0 Å². The molecule has 5 nitrogen and oxygen atoms in total. The molecule has 0 aromatic carbocycles. The van der Waals surface area contributed by atoms with Crippen LogP contribution in [0.2, 0.25) is 0 Å². The molecule has 2 aliphatic rings. The van der Waals surface area contributed by atoms with Gasteiger partial charge in [-0.1, -0.05) is 0 Å². The maximum Gasteiger partial charge on any atom is 0.324 e. The molecule has 2 fully saturated rings. The largest absolute Gasteiger partial charge is 0.760 e. The maximum atomic E-state index is 11.0. The van der Waals surface area contributed by atoms with Crippen molar-refractivity contribution in [1.29, 1.82) is 0 Å². The number of fused-ring (bicyclic) bond motifs is 2. The lowest BCUT2D eigenvalue weighted by Crippen LogP contribution is -2.42. The Balaban J connectivity index is 2.18. The second kappa shape index (κ2) is 2.79. The topological polar surface area (TPSA) is 69.7 Å². The number of nitrogens with zero attached hydrogens (tertiary/aromatic N) is 1. The third-order valence-electron chi connectivity index (χ3n) is 2.25. The highest BCUT2D eigenvalue weighted by molar-refractivity contribution is 7.76. The van der Waals surface area contributed by atoms with Crippen LogP contribution in [0.15, 0.2) is 0 Å². The zero-order valence-electron chi connectivity index (χ0n) is 6.26. The van der Waals surface area contributed by atoms with Gasteiger partial charge in [0.15, 0.2) is 0 Å². The molecular weight excluding hydrogens is 182 g/mol. The van der Waals surface area contributed by atoms with E-state index in [2.05, 4.69) is 0 Å². The predicted molar refractivity (Wildman–Crippen MR) is 38.5 cm³/mol. The van der Waals surface area contributed by atoms with Crippen molar-refractivity contribution in [3.63, 3.8) is 0 Å².